The summed E-state index contributed by atoms with van der Waals surface area (Å²) in [6.07, 6.45) is 2.54. The van der Waals surface area contributed by atoms with Crippen LogP contribution in [0.25, 0.3) is 22.0 Å². The molecule has 2 nitrogen and oxygen atoms in total. The summed E-state index contributed by atoms with van der Waals surface area (Å²) in [7, 11) is 0. The maximum absolute atomic E-state index is 9.51. The van der Waals surface area contributed by atoms with Crippen molar-refractivity contribution in [1.29, 1.82) is 0 Å². The summed E-state index contributed by atoms with van der Waals surface area (Å²) in [5.41, 5.74) is 3.38. The second kappa shape index (κ2) is 4.34. The number of phenolic OH excluding ortho intramolecular Hbond substituents is 1. The van der Waals surface area contributed by atoms with Gasteiger partial charge in [0.05, 0.1) is 5.69 Å². The van der Waals surface area contributed by atoms with E-state index in [1.165, 1.54) is 18.5 Å². The zero-order valence-corrected chi connectivity index (χ0v) is 11.1. The molecule has 0 aliphatic heterocycles. The van der Waals surface area contributed by atoms with Crippen LogP contribution in [0.1, 0.15) is 24.5 Å². The van der Waals surface area contributed by atoms with Crippen LogP contribution in [0, 0.1) is 0 Å². The minimum Gasteiger partial charge on any atom is -0.508 e. The highest BCUT2D eigenvalue weighted by Gasteiger charge is 2.24. The van der Waals surface area contributed by atoms with E-state index in [0.717, 1.165) is 22.0 Å². The number of hydrogen-bond donors (Lipinski definition) is 1. The van der Waals surface area contributed by atoms with Gasteiger partial charge in [-0.2, -0.15) is 0 Å². The first kappa shape index (κ1) is 11.5. The number of fused-ring (bicyclic) bond motifs is 1. The molecule has 0 bridgehead atoms. The van der Waals surface area contributed by atoms with E-state index in [0.29, 0.717) is 11.7 Å². The van der Waals surface area contributed by atoms with Crippen LogP contribution >= 0.6 is 0 Å². The van der Waals surface area contributed by atoms with Gasteiger partial charge in [0.15, 0.2) is 0 Å². The molecule has 98 valence electrons. The normalized spacial score (nSPS) is 14.6. The lowest BCUT2D eigenvalue weighted by Gasteiger charge is -2.06. The predicted molar refractivity (Wildman–Crippen MR) is 80.8 cm³/mol. The average molecular weight is 261 g/mol. The van der Waals surface area contributed by atoms with Crippen LogP contribution in [0.4, 0.5) is 0 Å². The van der Waals surface area contributed by atoms with Gasteiger partial charge in [0, 0.05) is 17.2 Å². The van der Waals surface area contributed by atoms with Crippen molar-refractivity contribution in [1.82, 2.24) is 4.98 Å². The van der Waals surface area contributed by atoms with Gasteiger partial charge in [-0.3, -0.25) is 4.98 Å². The van der Waals surface area contributed by atoms with Crippen molar-refractivity contribution in [3.05, 3.63) is 60.3 Å². The van der Waals surface area contributed by atoms with Crippen LogP contribution in [0.5, 0.6) is 5.75 Å². The fraction of sp³-hybridized carbons (Fsp3) is 0.167. The lowest BCUT2D eigenvalue weighted by atomic mass is 10.0. The van der Waals surface area contributed by atoms with Crippen LogP contribution in [-0.4, -0.2) is 10.1 Å². The maximum atomic E-state index is 9.51. The fourth-order valence-electron chi connectivity index (χ4n) is 2.61. The van der Waals surface area contributed by atoms with Crippen molar-refractivity contribution in [2.24, 2.45) is 0 Å². The van der Waals surface area contributed by atoms with Crippen LogP contribution in [0.15, 0.2) is 54.6 Å². The lowest BCUT2D eigenvalue weighted by molar-refractivity contribution is 0.476. The molecule has 1 aliphatic rings. The topological polar surface area (TPSA) is 33.1 Å². The fourth-order valence-corrected chi connectivity index (χ4v) is 2.61. The van der Waals surface area contributed by atoms with Gasteiger partial charge in [0.1, 0.15) is 5.75 Å². The highest BCUT2D eigenvalue weighted by molar-refractivity contribution is 5.87. The Morgan fingerprint density at radius 2 is 1.70 bits per heavy atom. The summed E-state index contributed by atoms with van der Waals surface area (Å²) >= 11 is 0. The first-order valence-corrected chi connectivity index (χ1v) is 7.00. The Kier molecular flexibility index (Phi) is 2.49. The average Bonchev–Trinajstić information content (AvgIpc) is 3.31. The van der Waals surface area contributed by atoms with E-state index < -0.39 is 0 Å². The quantitative estimate of drug-likeness (QED) is 0.737. The van der Waals surface area contributed by atoms with Crippen molar-refractivity contribution in [2.45, 2.75) is 18.8 Å². The molecule has 1 heterocycles. The molecule has 0 unspecified atom stereocenters. The zero-order valence-electron chi connectivity index (χ0n) is 11.1. The molecule has 0 spiro atoms. The van der Waals surface area contributed by atoms with Crippen LogP contribution < -0.4 is 0 Å². The van der Waals surface area contributed by atoms with Gasteiger partial charge in [-0.25, -0.2) is 0 Å². The molecule has 4 rings (SSSR count). The predicted octanol–water partition coefficient (Wildman–Crippen LogP) is 4.48. The van der Waals surface area contributed by atoms with Crippen molar-refractivity contribution in [3.8, 4) is 17.0 Å². The summed E-state index contributed by atoms with van der Waals surface area (Å²) in [4.78, 5) is 4.78. The number of pyridine rings is 1. The van der Waals surface area contributed by atoms with Gasteiger partial charge in [-0.15, -0.1) is 0 Å². The van der Waals surface area contributed by atoms with Gasteiger partial charge in [-0.05, 0) is 53.9 Å². The van der Waals surface area contributed by atoms with Crippen molar-refractivity contribution in [2.75, 3.05) is 0 Å². The molecule has 1 saturated carbocycles. The Morgan fingerprint density at radius 3 is 2.55 bits per heavy atom. The molecular formula is C18H15NO. The summed E-state index contributed by atoms with van der Waals surface area (Å²) in [5, 5.41) is 11.7. The lowest BCUT2D eigenvalue weighted by Crippen LogP contribution is -1.89. The molecule has 3 aromatic rings. The second-order valence-corrected chi connectivity index (χ2v) is 5.47. The number of rotatable bonds is 2. The van der Waals surface area contributed by atoms with Gasteiger partial charge >= 0.3 is 0 Å². The smallest absolute Gasteiger partial charge is 0.116 e. The number of aromatic hydroxyl groups is 1. The summed E-state index contributed by atoms with van der Waals surface area (Å²) in [6, 6.07) is 18.0. The molecule has 0 saturated heterocycles. The number of aromatic nitrogens is 1. The number of benzene rings is 2. The van der Waals surface area contributed by atoms with Gasteiger partial charge in [0.25, 0.3) is 0 Å². The first-order chi connectivity index (χ1) is 9.79. The summed E-state index contributed by atoms with van der Waals surface area (Å²) in [5.74, 6) is 0.978. The molecule has 1 fully saturated rings. The molecule has 0 radical (unpaired) electrons. The molecule has 20 heavy (non-hydrogen) atoms. The van der Waals surface area contributed by atoms with E-state index in [1.807, 2.05) is 12.1 Å². The Hall–Kier alpha value is -2.35. The number of phenols is 1. The molecular weight excluding hydrogens is 246 g/mol. The summed E-state index contributed by atoms with van der Waals surface area (Å²) in [6.45, 7) is 0. The minimum atomic E-state index is 0.305. The van der Waals surface area contributed by atoms with E-state index >= 15 is 0 Å². The van der Waals surface area contributed by atoms with Crippen LogP contribution in [-0.2, 0) is 0 Å². The zero-order chi connectivity index (χ0) is 13.5. The highest BCUT2D eigenvalue weighted by Crippen LogP contribution is 2.39. The van der Waals surface area contributed by atoms with Crippen molar-refractivity contribution in [3.63, 3.8) is 0 Å². The van der Waals surface area contributed by atoms with Gasteiger partial charge < -0.3 is 5.11 Å². The Bertz CT molecular complexity index is 790. The summed E-state index contributed by atoms with van der Waals surface area (Å²) < 4.78 is 0. The molecule has 2 heteroatoms. The molecule has 1 aliphatic carbocycles. The highest BCUT2D eigenvalue weighted by atomic mass is 16.3. The minimum absolute atomic E-state index is 0.305. The largest absolute Gasteiger partial charge is 0.508 e. The second-order valence-electron chi connectivity index (χ2n) is 5.47. The van der Waals surface area contributed by atoms with E-state index in [-0.39, 0.29) is 0 Å². The van der Waals surface area contributed by atoms with E-state index in [4.69, 9.17) is 4.98 Å². The SMILES string of the molecule is Oc1ccc2cc(-c3cccc(C4CC4)n3)ccc2c1. The molecule has 0 atom stereocenters. The van der Waals surface area contributed by atoms with Crippen LogP contribution in [0.3, 0.4) is 0 Å². The molecule has 2 aromatic carbocycles. The third kappa shape index (κ3) is 2.03. The molecule has 1 N–H and O–H groups in total. The van der Waals surface area contributed by atoms with Crippen LogP contribution in [0.2, 0.25) is 0 Å². The monoisotopic (exact) mass is 261 g/mol. The molecule has 0 amide bonds. The Morgan fingerprint density at radius 1 is 0.900 bits per heavy atom. The van der Waals surface area contributed by atoms with Gasteiger partial charge in [-0.1, -0.05) is 24.3 Å². The van der Waals surface area contributed by atoms with E-state index in [2.05, 4.69) is 30.3 Å². The third-order valence-corrected chi connectivity index (χ3v) is 3.89. The third-order valence-electron chi connectivity index (χ3n) is 3.89. The standard InChI is InChI=1S/C18H15NO/c20-16-9-8-13-10-15(7-6-14(13)11-16)18-3-1-2-17(19-18)12-4-5-12/h1-3,6-12,20H,4-5H2. The van der Waals surface area contributed by atoms with E-state index in [1.54, 1.807) is 12.1 Å². The van der Waals surface area contributed by atoms with Crippen molar-refractivity contribution < 1.29 is 5.11 Å². The van der Waals surface area contributed by atoms with Crippen molar-refractivity contribution >= 4 is 10.8 Å². The first-order valence-electron chi connectivity index (χ1n) is 7.00. The van der Waals surface area contributed by atoms with Gasteiger partial charge in [0.2, 0.25) is 0 Å². The maximum Gasteiger partial charge on any atom is 0.116 e. The number of hydrogen-bond acceptors (Lipinski definition) is 2. The van der Waals surface area contributed by atoms with E-state index in [9.17, 15) is 5.11 Å². The molecule has 1 aromatic heterocycles. The Labute approximate surface area is 117 Å². The number of nitrogens with zero attached hydrogens (tertiary/aromatic N) is 1. The Balaban J connectivity index is 1.81.